The second kappa shape index (κ2) is 6.53. The SMILES string of the molecule is CCOC(=O)c1ccc([N+](=O)[O-])cc1C=CN(C)C. The van der Waals surface area contributed by atoms with Gasteiger partial charge in [-0.2, -0.15) is 0 Å². The molecule has 102 valence electrons. The predicted octanol–water partition coefficient (Wildman–Crippen LogP) is 2.30. The Bertz CT molecular complexity index is 509. The maximum absolute atomic E-state index is 11.8. The number of carbonyl (C=O) groups excluding carboxylic acids is 1. The first kappa shape index (κ1) is 14.7. The number of benzene rings is 1. The van der Waals surface area contributed by atoms with Crippen molar-refractivity contribution in [2.75, 3.05) is 20.7 Å². The summed E-state index contributed by atoms with van der Waals surface area (Å²) in [5.41, 5.74) is 0.707. The van der Waals surface area contributed by atoms with Crippen LogP contribution in [-0.4, -0.2) is 36.5 Å². The first-order valence-electron chi connectivity index (χ1n) is 5.76. The lowest BCUT2D eigenvalue weighted by Crippen LogP contribution is -2.07. The second-order valence-corrected chi connectivity index (χ2v) is 4.03. The van der Waals surface area contributed by atoms with E-state index in [1.54, 1.807) is 24.1 Å². The first-order chi connectivity index (χ1) is 8.95. The van der Waals surface area contributed by atoms with E-state index in [0.717, 1.165) is 0 Å². The average Bonchev–Trinajstić information content (AvgIpc) is 2.36. The molecule has 0 fully saturated rings. The molecule has 0 aromatic heterocycles. The fourth-order valence-electron chi connectivity index (χ4n) is 1.43. The van der Waals surface area contributed by atoms with Gasteiger partial charge in [-0.15, -0.1) is 0 Å². The lowest BCUT2D eigenvalue weighted by Gasteiger charge is -2.07. The molecule has 0 aliphatic rings. The third kappa shape index (κ3) is 4.09. The van der Waals surface area contributed by atoms with E-state index in [-0.39, 0.29) is 12.3 Å². The van der Waals surface area contributed by atoms with Crippen LogP contribution in [0.4, 0.5) is 5.69 Å². The summed E-state index contributed by atoms with van der Waals surface area (Å²) in [4.78, 5) is 23.8. The summed E-state index contributed by atoms with van der Waals surface area (Å²) in [5, 5.41) is 10.8. The highest BCUT2D eigenvalue weighted by Crippen LogP contribution is 2.20. The van der Waals surface area contributed by atoms with Crippen molar-refractivity contribution in [3.63, 3.8) is 0 Å². The van der Waals surface area contributed by atoms with Crippen LogP contribution in [0.25, 0.3) is 6.08 Å². The molecular weight excluding hydrogens is 248 g/mol. The van der Waals surface area contributed by atoms with Crippen LogP contribution >= 0.6 is 0 Å². The quantitative estimate of drug-likeness (QED) is 0.463. The van der Waals surface area contributed by atoms with Crippen molar-refractivity contribution in [2.24, 2.45) is 0 Å². The first-order valence-corrected chi connectivity index (χ1v) is 5.76. The monoisotopic (exact) mass is 264 g/mol. The van der Waals surface area contributed by atoms with Gasteiger partial charge < -0.3 is 9.64 Å². The molecule has 0 radical (unpaired) electrons. The van der Waals surface area contributed by atoms with Crippen molar-refractivity contribution in [3.8, 4) is 0 Å². The molecule has 1 aromatic carbocycles. The van der Waals surface area contributed by atoms with E-state index >= 15 is 0 Å². The Labute approximate surface area is 111 Å². The third-order valence-corrected chi connectivity index (χ3v) is 2.29. The fraction of sp³-hybridized carbons (Fsp3) is 0.308. The Hall–Kier alpha value is -2.37. The molecule has 1 aromatic rings. The van der Waals surface area contributed by atoms with Crippen LogP contribution in [0.3, 0.4) is 0 Å². The summed E-state index contributed by atoms with van der Waals surface area (Å²) in [6.07, 6.45) is 3.35. The van der Waals surface area contributed by atoms with Gasteiger partial charge >= 0.3 is 5.97 Å². The van der Waals surface area contributed by atoms with Crippen molar-refractivity contribution < 1.29 is 14.5 Å². The molecule has 0 spiro atoms. The number of nitrogens with zero attached hydrogens (tertiary/aromatic N) is 2. The topological polar surface area (TPSA) is 72.7 Å². The summed E-state index contributed by atoms with van der Waals surface area (Å²) >= 11 is 0. The molecule has 6 nitrogen and oxygen atoms in total. The molecule has 1 rings (SSSR count). The number of non-ortho nitro benzene ring substituents is 1. The van der Waals surface area contributed by atoms with Crippen LogP contribution in [0.15, 0.2) is 24.4 Å². The van der Waals surface area contributed by atoms with E-state index < -0.39 is 10.9 Å². The normalized spacial score (nSPS) is 10.5. The third-order valence-electron chi connectivity index (χ3n) is 2.29. The number of esters is 1. The summed E-state index contributed by atoms with van der Waals surface area (Å²) < 4.78 is 4.92. The molecule has 0 aliphatic carbocycles. The average molecular weight is 264 g/mol. The maximum atomic E-state index is 11.8. The molecule has 0 bridgehead atoms. The van der Waals surface area contributed by atoms with Gasteiger partial charge in [0, 0.05) is 26.2 Å². The Morgan fingerprint density at radius 1 is 1.47 bits per heavy atom. The Balaban J connectivity index is 3.22. The Morgan fingerprint density at radius 3 is 2.68 bits per heavy atom. The van der Waals surface area contributed by atoms with E-state index in [1.165, 1.54) is 18.2 Å². The zero-order valence-corrected chi connectivity index (χ0v) is 11.1. The highest BCUT2D eigenvalue weighted by Gasteiger charge is 2.15. The molecule has 0 saturated heterocycles. The van der Waals surface area contributed by atoms with Gasteiger partial charge in [0.05, 0.1) is 17.1 Å². The zero-order chi connectivity index (χ0) is 14.4. The number of ether oxygens (including phenoxy) is 1. The predicted molar refractivity (Wildman–Crippen MR) is 71.8 cm³/mol. The molecule has 0 aliphatic heterocycles. The molecule has 0 unspecified atom stereocenters. The van der Waals surface area contributed by atoms with E-state index in [0.29, 0.717) is 11.1 Å². The van der Waals surface area contributed by atoms with Gasteiger partial charge in [0.15, 0.2) is 0 Å². The fourth-order valence-corrected chi connectivity index (χ4v) is 1.43. The Kier molecular flexibility index (Phi) is 5.05. The summed E-state index contributed by atoms with van der Waals surface area (Å²) in [7, 11) is 3.63. The summed E-state index contributed by atoms with van der Waals surface area (Å²) in [5.74, 6) is -0.490. The van der Waals surface area contributed by atoms with Crippen LogP contribution < -0.4 is 0 Å². The van der Waals surface area contributed by atoms with Crippen molar-refractivity contribution in [1.29, 1.82) is 0 Å². The van der Waals surface area contributed by atoms with Gasteiger partial charge in [0.25, 0.3) is 5.69 Å². The summed E-state index contributed by atoms with van der Waals surface area (Å²) in [6.45, 7) is 1.96. The lowest BCUT2D eigenvalue weighted by molar-refractivity contribution is -0.384. The molecule has 19 heavy (non-hydrogen) atoms. The number of hydrogen-bond donors (Lipinski definition) is 0. The van der Waals surface area contributed by atoms with Crippen LogP contribution in [-0.2, 0) is 4.74 Å². The molecule has 0 amide bonds. The highest BCUT2D eigenvalue weighted by molar-refractivity contribution is 5.94. The molecule has 6 heteroatoms. The van der Waals surface area contributed by atoms with Crippen molar-refractivity contribution >= 4 is 17.7 Å². The van der Waals surface area contributed by atoms with Crippen LogP contribution in [0.2, 0.25) is 0 Å². The summed E-state index contributed by atoms with van der Waals surface area (Å²) in [6, 6.07) is 4.05. The minimum Gasteiger partial charge on any atom is -0.462 e. The Morgan fingerprint density at radius 2 is 2.16 bits per heavy atom. The van der Waals surface area contributed by atoms with Gasteiger partial charge in [-0.1, -0.05) is 0 Å². The molecule has 0 N–H and O–H groups in total. The molecular formula is C13H16N2O4. The number of nitro benzene ring substituents is 1. The van der Waals surface area contributed by atoms with Gasteiger partial charge in [-0.3, -0.25) is 10.1 Å². The van der Waals surface area contributed by atoms with Crippen molar-refractivity contribution in [3.05, 3.63) is 45.6 Å². The molecule has 0 heterocycles. The van der Waals surface area contributed by atoms with Crippen molar-refractivity contribution in [2.45, 2.75) is 6.92 Å². The smallest absolute Gasteiger partial charge is 0.338 e. The zero-order valence-electron chi connectivity index (χ0n) is 11.1. The number of rotatable bonds is 5. The van der Waals surface area contributed by atoms with Gasteiger partial charge in [-0.25, -0.2) is 4.79 Å². The minimum atomic E-state index is -0.498. The highest BCUT2D eigenvalue weighted by atomic mass is 16.6. The number of nitro groups is 1. The molecule has 0 saturated carbocycles. The molecule has 0 atom stereocenters. The number of hydrogen-bond acceptors (Lipinski definition) is 5. The van der Waals surface area contributed by atoms with Crippen LogP contribution in [0.1, 0.15) is 22.8 Å². The van der Waals surface area contributed by atoms with Gasteiger partial charge in [0.1, 0.15) is 0 Å². The second-order valence-electron chi connectivity index (χ2n) is 4.03. The maximum Gasteiger partial charge on any atom is 0.338 e. The van der Waals surface area contributed by atoms with E-state index in [2.05, 4.69) is 0 Å². The standard InChI is InChI=1S/C13H16N2O4/c1-4-19-13(16)12-6-5-11(15(17)18)9-10(12)7-8-14(2)3/h5-9H,4H2,1-3H3. The van der Waals surface area contributed by atoms with Crippen LogP contribution in [0, 0.1) is 10.1 Å². The van der Waals surface area contributed by atoms with E-state index in [1.807, 2.05) is 14.1 Å². The van der Waals surface area contributed by atoms with Crippen molar-refractivity contribution in [1.82, 2.24) is 4.90 Å². The minimum absolute atomic E-state index is 0.0635. The van der Waals surface area contributed by atoms with Crippen LogP contribution in [0.5, 0.6) is 0 Å². The van der Waals surface area contributed by atoms with E-state index in [9.17, 15) is 14.9 Å². The van der Waals surface area contributed by atoms with E-state index in [4.69, 9.17) is 4.74 Å². The lowest BCUT2D eigenvalue weighted by atomic mass is 10.1. The largest absolute Gasteiger partial charge is 0.462 e. The number of carbonyl (C=O) groups is 1. The van der Waals surface area contributed by atoms with Gasteiger partial charge in [0.2, 0.25) is 0 Å². The van der Waals surface area contributed by atoms with Gasteiger partial charge in [-0.05, 0) is 30.8 Å².